The van der Waals surface area contributed by atoms with Gasteiger partial charge in [-0.2, -0.15) is 5.26 Å². The summed E-state index contributed by atoms with van der Waals surface area (Å²) in [6, 6.07) is 5.42. The second-order valence-corrected chi connectivity index (χ2v) is 2.46. The Morgan fingerprint density at radius 2 is 2.54 bits per heavy atom. The number of hydrogen-bond donors (Lipinski definition) is 1. The number of hydrogen-bond acceptors (Lipinski definition) is 4. The van der Waals surface area contributed by atoms with Crippen molar-refractivity contribution in [3.63, 3.8) is 0 Å². The summed E-state index contributed by atoms with van der Waals surface area (Å²) in [6.07, 6.45) is 1.60. The van der Waals surface area contributed by atoms with Crippen LogP contribution in [0.25, 0.3) is 0 Å². The van der Waals surface area contributed by atoms with E-state index in [1.54, 1.807) is 25.4 Å². The van der Waals surface area contributed by atoms with Gasteiger partial charge in [0.1, 0.15) is 5.82 Å². The first-order valence-corrected chi connectivity index (χ1v) is 3.96. The topological polar surface area (TPSA) is 57.9 Å². The van der Waals surface area contributed by atoms with Gasteiger partial charge in [-0.15, -0.1) is 0 Å². The average molecular weight is 177 g/mol. The molecule has 0 aliphatic carbocycles. The Balaban J connectivity index is 2.52. The van der Waals surface area contributed by atoms with Gasteiger partial charge in [0.15, 0.2) is 0 Å². The Morgan fingerprint density at radius 1 is 1.69 bits per heavy atom. The van der Waals surface area contributed by atoms with Gasteiger partial charge in [-0.3, -0.25) is 0 Å². The van der Waals surface area contributed by atoms with Gasteiger partial charge in [0.2, 0.25) is 0 Å². The minimum absolute atomic E-state index is 0.606. The highest BCUT2D eigenvalue weighted by atomic mass is 16.5. The second-order valence-electron chi connectivity index (χ2n) is 2.46. The first kappa shape index (κ1) is 9.49. The van der Waals surface area contributed by atoms with Crippen LogP contribution in [0.5, 0.6) is 0 Å². The van der Waals surface area contributed by atoms with E-state index in [2.05, 4.69) is 10.3 Å². The first-order valence-electron chi connectivity index (χ1n) is 3.96. The lowest BCUT2D eigenvalue weighted by Crippen LogP contribution is -2.08. The fourth-order valence-corrected chi connectivity index (χ4v) is 0.878. The Kier molecular flexibility index (Phi) is 3.74. The van der Waals surface area contributed by atoms with Gasteiger partial charge in [-0.05, 0) is 12.1 Å². The van der Waals surface area contributed by atoms with Crippen LogP contribution in [-0.2, 0) is 4.74 Å². The predicted molar refractivity (Wildman–Crippen MR) is 49.3 cm³/mol. The monoisotopic (exact) mass is 177 g/mol. The van der Waals surface area contributed by atoms with Crippen LogP contribution in [0.3, 0.4) is 0 Å². The highest BCUT2D eigenvalue weighted by molar-refractivity contribution is 5.42. The van der Waals surface area contributed by atoms with Gasteiger partial charge < -0.3 is 10.1 Å². The van der Waals surface area contributed by atoms with Crippen LogP contribution in [0.4, 0.5) is 5.82 Å². The summed E-state index contributed by atoms with van der Waals surface area (Å²) in [7, 11) is 1.64. The molecule has 0 saturated carbocycles. The quantitative estimate of drug-likeness (QED) is 0.697. The van der Waals surface area contributed by atoms with Crippen molar-refractivity contribution in [2.24, 2.45) is 0 Å². The van der Waals surface area contributed by atoms with Crippen LogP contribution in [-0.4, -0.2) is 25.2 Å². The highest BCUT2D eigenvalue weighted by Gasteiger charge is 1.94. The molecule has 4 nitrogen and oxygen atoms in total. The van der Waals surface area contributed by atoms with Crippen LogP contribution >= 0.6 is 0 Å². The van der Waals surface area contributed by atoms with Crippen LogP contribution in [0.2, 0.25) is 0 Å². The normalized spacial score (nSPS) is 9.23. The maximum absolute atomic E-state index is 8.60. The second kappa shape index (κ2) is 5.12. The van der Waals surface area contributed by atoms with Crippen molar-refractivity contribution in [1.82, 2.24) is 4.98 Å². The van der Waals surface area contributed by atoms with Crippen molar-refractivity contribution in [3.8, 4) is 6.07 Å². The fraction of sp³-hybridized carbons (Fsp3) is 0.333. The van der Waals surface area contributed by atoms with E-state index in [0.717, 1.165) is 0 Å². The zero-order valence-electron chi connectivity index (χ0n) is 7.45. The first-order chi connectivity index (χ1) is 6.36. The van der Waals surface area contributed by atoms with Gasteiger partial charge in [-0.1, -0.05) is 0 Å². The standard InChI is InChI=1S/C9H11N3O/c1-13-5-4-12-9-6-8(7-10)2-3-11-9/h2-3,6H,4-5H2,1H3,(H,11,12). The molecule has 1 aromatic heterocycles. The van der Waals surface area contributed by atoms with Gasteiger partial charge in [0.25, 0.3) is 0 Å². The van der Waals surface area contributed by atoms with Crippen LogP contribution in [0, 0.1) is 11.3 Å². The number of pyridine rings is 1. The lowest BCUT2D eigenvalue weighted by atomic mass is 10.3. The molecule has 13 heavy (non-hydrogen) atoms. The van der Waals surface area contributed by atoms with Crippen molar-refractivity contribution in [2.75, 3.05) is 25.6 Å². The summed E-state index contributed by atoms with van der Waals surface area (Å²) in [4.78, 5) is 4.04. The molecule has 1 aromatic rings. The summed E-state index contributed by atoms with van der Waals surface area (Å²) in [5, 5.41) is 11.6. The number of rotatable bonds is 4. The van der Waals surface area contributed by atoms with Gasteiger partial charge in [0, 0.05) is 19.9 Å². The lowest BCUT2D eigenvalue weighted by molar-refractivity contribution is 0.210. The highest BCUT2D eigenvalue weighted by Crippen LogP contribution is 2.04. The third-order valence-electron chi connectivity index (χ3n) is 1.50. The molecule has 0 aliphatic heterocycles. The predicted octanol–water partition coefficient (Wildman–Crippen LogP) is 1.01. The summed E-state index contributed by atoms with van der Waals surface area (Å²) >= 11 is 0. The number of nitrogens with zero attached hydrogens (tertiary/aromatic N) is 2. The number of ether oxygens (including phenoxy) is 1. The Morgan fingerprint density at radius 3 is 3.23 bits per heavy atom. The van der Waals surface area contributed by atoms with Gasteiger partial charge in [-0.25, -0.2) is 4.98 Å². The molecule has 0 aliphatic rings. The summed E-state index contributed by atoms with van der Waals surface area (Å²) in [5.41, 5.74) is 0.606. The molecule has 0 atom stereocenters. The van der Waals surface area contributed by atoms with E-state index in [0.29, 0.717) is 24.5 Å². The zero-order valence-corrected chi connectivity index (χ0v) is 7.45. The van der Waals surface area contributed by atoms with Crippen molar-refractivity contribution in [3.05, 3.63) is 23.9 Å². The van der Waals surface area contributed by atoms with Crippen molar-refractivity contribution >= 4 is 5.82 Å². The lowest BCUT2D eigenvalue weighted by Gasteiger charge is -2.03. The molecule has 4 heteroatoms. The van der Waals surface area contributed by atoms with Crippen LogP contribution in [0.15, 0.2) is 18.3 Å². The minimum Gasteiger partial charge on any atom is -0.383 e. The molecule has 0 amide bonds. The minimum atomic E-state index is 0.606. The molecule has 0 radical (unpaired) electrons. The van der Waals surface area contributed by atoms with Crippen LogP contribution < -0.4 is 5.32 Å². The molecule has 0 saturated heterocycles. The molecule has 0 aromatic carbocycles. The third-order valence-corrected chi connectivity index (χ3v) is 1.50. The van der Waals surface area contributed by atoms with Gasteiger partial charge >= 0.3 is 0 Å². The average Bonchev–Trinajstić information content (AvgIpc) is 2.19. The molecule has 0 unspecified atom stereocenters. The molecule has 68 valence electrons. The van der Waals surface area contributed by atoms with E-state index >= 15 is 0 Å². The van der Waals surface area contributed by atoms with E-state index in [9.17, 15) is 0 Å². The molecule has 0 fully saturated rings. The smallest absolute Gasteiger partial charge is 0.127 e. The Bertz CT molecular complexity index is 306. The summed E-state index contributed by atoms with van der Waals surface area (Å²) < 4.78 is 4.86. The van der Waals surface area contributed by atoms with E-state index in [-0.39, 0.29) is 0 Å². The number of nitrogens with one attached hydrogen (secondary N) is 1. The van der Waals surface area contributed by atoms with Crippen molar-refractivity contribution in [2.45, 2.75) is 0 Å². The number of nitriles is 1. The zero-order chi connectivity index (χ0) is 9.52. The van der Waals surface area contributed by atoms with E-state index < -0.39 is 0 Å². The van der Waals surface area contributed by atoms with E-state index in [4.69, 9.17) is 10.00 Å². The molecule has 1 rings (SSSR count). The maximum atomic E-state index is 8.60. The number of methoxy groups -OCH3 is 1. The molecular formula is C9H11N3O. The van der Waals surface area contributed by atoms with Crippen molar-refractivity contribution < 1.29 is 4.74 Å². The molecule has 1 heterocycles. The third kappa shape index (κ3) is 3.09. The van der Waals surface area contributed by atoms with E-state index in [1.807, 2.05) is 6.07 Å². The van der Waals surface area contributed by atoms with Crippen LogP contribution in [0.1, 0.15) is 5.56 Å². The summed E-state index contributed by atoms with van der Waals surface area (Å²) in [5.74, 6) is 0.705. The largest absolute Gasteiger partial charge is 0.383 e. The SMILES string of the molecule is COCCNc1cc(C#N)ccn1. The number of aromatic nitrogens is 1. The van der Waals surface area contributed by atoms with E-state index in [1.165, 1.54) is 0 Å². The van der Waals surface area contributed by atoms with Crippen molar-refractivity contribution in [1.29, 1.82) is 5.26 Å². The molecule has 0 spiro atoms. The fourth-order valence-electron chi connectivity index (χ4n) is 0.878. The maximum Gasteiger partial charge on any atom is 0.127 e. The number of anilines is 1. The van der Waals surface area contributed by atoms with Gasteiger partial charge in [0.05, 0.1) is 18.2 Å². The summed E-state index contributed by atoms with van der Waals surface area (Å²) in [6.45, 7) is 1.32. The Labute approximate surface area is 77.2 Å². The molecular weight excluding hydrogens is 166 g/mol. The molecule has 1 N–H and O–H groups in total. The Hall–Kier alpha value is -1.60. The molecule has 0 bridgehead atoms.